The Hall–Kier alpha value is -3.08. The molecule has 5 nitrogen and oxygen atoms in total. The monoisotopic (exact) mass is 374 g/mol. The topological polar surface area (TPSA) is 76.0 Å². The van der Waals surface area contributed by atoms with Crippen molar-refractivity contribution in [2.24, 2.45) is 0 Å². The minimum absolute atomic E-state index is 0.108. The van der Waals surface area contributed by atoms with Crippen LogP contribution in [0.3, 0.4) is 0 Å². The van der Waals surface area contributed by atoms with Gasteiger partial charge in [0.15, 0.2) is 11.4 Å². The first-order valence-corrected chi connectivity index (χ1v) is 9.20. The van der Waals surface area contributed by atoms with Crippen molar-refractivity contribution in [2.75, 3.05) is 0 Å². The zero-order valence-electron chi connectivity index (χ0n) is 16.9. The van der Waals surface area contributed by atoms with Crippen LogP contribution in [0.25, 0.3) is 11.3 Å². The number of benzene rings is 1. The maximum Gasteiger partial charge on any atom is 0.257 e. The summed E-state index contributed by atoms with van der Waals surface area (Å²) in [7, 11) is 0. The van der Waals surface area contributed by atoms with Crippen LogP contribution in [0.5, 0.6) is 5.75 Å². The number of nitrogens with zero attached hydrogens (tertiary/aromatic N) is 3. The van der Waals surface area contributed by atoms with Crippen LogP contribution in [0.15, 0.2) is 36.5 Å². The van der Waals surface area contributed by atoms with Gasteiger partial charge in [0.25, 0.3) is 6.29 Å². The van der Waals surface area contributed by atoms with E-state index in [2.05, 4.69) is 60.0 Å². The molecule has 0 fully saturated rings. The SMILES string of the molecule is Cc1cc(-c2ccc(C(C)(C)C)cc2)ncc1Cc1nc(C)c(O)c([C]=O)n1. The number of aromatic hydroxyl groups is 1. The summed E-state index contributed by atoms with van der Waals surface area (Å²) < 4.78 is 0. The quantitative estimate of drug-likeness (QED) is 0.740. The van der Waals surface area contributed by atoms with Crippen molar-refractivity contribution in [3.63, 3.8) is 0 Å². The van der Waals surface area contributed by atoms with Gasteiger partial charge >= 0.3 is 0 Å². The summed E-state index contributed by atoms with van der Waals surface area (Å²) in [5, 5.41) is 9.77. The van der Waals surface area contributed by atoms with Crippen molar-refractivity contribution in [2.45, 2.75) is 46.5 Å². The summed E-state index contributed by atoms with van der Waals surface area (Å²) in [4.78, 5) is 23.9. The first kappa shape index (κ1) is 19.7. The molecule has 5 heteroatoms. The van der Waals surface area contributed by atoms with Crippen molar-refractivity contribution < 1.29 is 9.90 Å². The molecule has 0 aliphatic rings. The minimum atomic E-state index is -0.220. The van der Waals surface area contributed by atoms with E-state index in [-0.39, 0.29) is 16.9 Å². The van der Waals surface area contributed by atoms with E-state index < -0.39 is 0 Å². The lowest BCUT2D eigenvalue weighted by atomic mass is 9.86. The van der Waals surface area contributed by atoms with E-state index in [1.807, 2.05) is 19.2 Å². The van der Waals surface area contributed by atoms with Gasteiger partial charge in [-0.25, -0.2) is 9.97 Å². The van der Waals surface area contributed by atoms with Gasteiger partial charge in [0.1, 0.15) is 5.82 Å². The molecule has 0 saturated carbocycles. The Labute approximate surface area is 165 Å². The molecule has 0 spiro atoms. The van der Waals surface area contributed by atoms with E-state index in [0.29, 0.717) is 17.9 Å². The molecule has 0 atom stereocenters. The molecule has 0 amide bonds. The predicted octanol–water partition coefficient (Wildman–Crippen LogP) is 4.21. The molecule has 3 rings (SSSR count). The van der Waals surface area contributed by atoms with Crippen LogP contribution in [-0.4, -0.2) is 26.3 Å². The Kier molecular flexibility index (Phi) is 5.27. The lowest BCUT2D eigenvalue weighted by Gasteiger charge is -2.19. The average molecular weight is 374 g/mol. The van der Waals surface area contributed by atoms with Crippen molar-refractivity contribution in [1.82, 2.24) is 15.0 Å². The van der Waals surface area contributed by atoms with E-state index in [1.165, 1.54) is 5.56 Å². The smallest absolute Gasteiger partial charge is 0.257 e. The Morgan fingerprint density at radius 2 is 1.75 bits per heavy atom. The molecule has 0 aliphatic heterocycles. The average Bonchev–Trinajstić information content (AvgIpc) is 2.65. The van der Waals surface area contributed by atoms with Gasteiger partial charge in [0, 0.05) is 18.2 Å². The van der Waals surface area contributed by atoms with Crippen LogP contribution < -0.4 is 0 Å². The molecular weight excluding hydrogens is 350 g/mol. The summed E-state index contributed by atoms with van der Waals surface area (Å²) in [5.74, 6) is 0.239. The predicted molar refractivity (Wildman–Crippen MR) is 109 cm³/mol. The number of hydrogen-bond acceptors (Lipinski definition) is 5. The summed E-state index contributed by atoms with van der Waals surface area (Å²) in [6.45, 7) is 10.2. The highest BCUT2D eigenvalue weighted by Crippen LogP contribution is 2.26. The van der Waals surface area contributed by atoms with E-state index in [4.69, 9.17) is 0 Å². The molecule has 1 radical (unpaired) electrons. The van der Waals surface area contributed by atoms with Gasteiger partial charge in [-0.15, -0.1) is 0 Å². The Morgan fingerprint density at radius 3 is 2.32 bits per heavy atom. The van der Waals surface area contributed by atoms with Gasteiger partial charge in [0.2, 0.25) is 0 Å². The standard InChI is InChI=1S/C23H24N3O2/c1-14-10-19(16-6-8-18(9-7-16)23(3,4)5)24-12-17(14)11-21-25-15(2)22(28)20(13-27)26-21/h6-10,12,28H,11H2,1-5H3. The van der Waals surface area contributed by atoms with Crippen molar-refractivity contribution >= 4 is 6.29 Å². The van der Waals surface area contributed by atoms with Crippen LogP contribution >= 0.6 is 0 Å². The maximum absolute atomic E-state index is 11.0. The lowest BCUT2D eigenvalue weighted by molar-refractivity contribution is 0.459. The van der Waals surface area contributed by atoms with Gasteiger partial charge in [-0.3, -0.25) is 9.78 Å². The van der Waals surface area contributed by atoms with Gasteiger partial charge in [-0.1, -0.05) is 45.0 Å². The molecule has 1 aromatic carbocycles. The van der Waals surface area contributed by atoms with Gasteiger partial charge < -0.3 is 5.11 Å². The van der Waals surface area contributed by atoms with Crippen molar-refractivity contribution in [1.29, 1.82) is 0 Å². The molecule has 0 saturated heterocycles. The number of hydrogen-bond donors (Lipinski definition) is 1. The largest absolute Gasteiger partial charge is 0.504 e. The summed E-state index contributed by atoms with van der Waals surface area (Å²) in [6, 6.07) is 10.5. The summed E-state index contributed by atoms with van der Waals surface area (Å²) in [6.07, 6.45) is 3.90. The first-order valence-electron chi connectivity index (χ1n) is 9.20. The van der Waals surface area contributed by atoms with E-state index >= 15 is 0 Å². The Balaban J connectivity index is 1.87. The second-order valence-corrected chi connectivity index (χ2v) is 8.02. The maximum atomic E-state index is 11.0. The number of pyridine rings is 1. The highest BCUT2D eigenvalue weighted by Gasteiger charge is 2.15. The van der Waals surface area contributed by atoms with Crippen molar-refractivity contribution in [3.8, 4) is 17.0 Å². The summed E-state index contributed by atoms with van der Waals surface area (Å²) in [5.41, 5.74) is 5.67. The third-order valence-corrected chi connectivity index (χ3v) is 4.82. The van der Waals surface area contributed by atoms with E-state index in [0.717, 1.165) is 22.4 Å². The second kappa shape index (κ2) is 7.50. The normalized spacial score (nSPS) is 11.5. The van der Waals surface area contributed by atoms with Crippen LogP contribution in [0.4, 0.5) is 0 Å². The number of rotatable bonds is 4. The van der Waals surface area contributed by atoms with E-state index in [9.17, 15) is 9.90 Å². The second-order valence-electron chi connectivity index (χ2n) is 8.02. The highest BCUT2D eigenvalue weighted by molar-refractivity contribution is 5.76. The number of aryl methyl sites for hydroxylation is 2. The fourth-order valence-corrected chi connectivity index (χ4v) is 3.01. The third kappa shape index (κ3) is 4.09. The van der Waals surface area contributed by atoms with Crippen LogP contribution in [0.1, 0.15) is 54.7 Å². The minimum Gasteiger partial charge on any atom is -0.504 e. The molecule has 2 heterocycles. The molecule has 28 heavy (non-hydrogen) atoms. The zero-order valence-corrected chi connectivity index (χ0v) is 16.9. The van der Waals surface area contributed by atoms with Crippen molar-refractivity contribution in [3.05, 3.63) is 70.4 Å². The van der Waals surface area contributed by atoms with Crippen LogP contribution in [-0.2, 0) is 16.6 Å². The molecule has 1 N–H and O–H groups in total. The summed E-state index contributed by atoms with van der Waals surface area (Å²) >= 11 is 0. The molecule has 143 valence electrons. The molecular formula is C23H24N3O2. The number of aromatic nitrogens is 3. The number of carbonyl (C=O) groups excluding carboxylic acids is 1. The van der Waals surface area contributed by atoms with Gasteiger partial charge in [-0.05, 0) is 42.0 Å². The molecule has 0 aliphatic carbocycles. The highest BCUT2D eigenvalue weighted by atomic mass is 16.3. The zero-order chi connectivity index (χ0) is 20.5. The van der Waals surface area contributed by atoms with Crippen LogP contribution in [0.2, 0.25) is 0 Å². The van der Waals surface area contributed by atoms with Gasteiger partial charge in [-0.2, -0.15) is 0 Å². The molecule has 2 aromatic heterocycles. The van der Waals surface area contributed by atoms with Gasteiger partial charge in [0.05, 0.1) is 11.4 Å². The first-order chi connectivity index (χ1) is 13.2. The fraction of sp³-hybridized carbons (Fsp3) is 0.304. The third-order valence-electron chi connectivity index (χ3n) is 4.82. The molecule has 0 bridgehead atoms. The van der Waals surface area contributed by atoms with Crippen LogP contribution in [0, 0.1) is 13.8 Å². The fourth-order valence-electron chi connectivity index (χ4n) is 3.01. The van der Waals surface area contributed by atoms with E-state index in [1.54, 1.807) is 13.2 Å². The Morgan fingerprint density at radius 1 is 1.07 bits per heavy atom. The molecule has 0 unspecified atom stereocenters. The molecule has 3 aromatic rings. The Bertz CT molecular complexity index is 1020. The lowest BCUT2D eigenvalue weighted by Crippen LogP contribution is -2.10.